The first-order chi connectivity index (χ1) is 8.53. The maximum atomic E-state index is 11.9. The zero-order chi connectivity index (χ0) is 13.3. The third kappa shape index (κ3) is 1.83. The summed E-state index contributed by atoms with van der Waals surface area (Å²) in [6, 6.07) is 1.97. The quantitative estimate of drug-likeness (QED) is 0.417. The second kappa shape index (κ2) is 4.73. The van der Waals surface area contributed by atoms with Crippen LogP contribution in [0.3, 0.4) is 0 Å². The van der Waals surface area contributed by atoms with Crippen LogP contribution in [0.2, 0.25) is 0 Å². The van der Waals surface area contributed by atoms with Gasteiger partial charge in [0.15, 0.2) is 5.12 Å². The van der Waals surface area contributed by atoms with Gasteiger partial charge >= 0.3 is 0 Å². The minimum Gasteiger partial charge on any atom is -0.295 e. The SMILES string of the molecule is N#C[C@H]1C(=O)NC(=O)[C@@H](C(=O)S)C12CCCCC2. The average molecular weight is 266 g/mol. The molecule has 18 heavy (non-hydrogen) atoms. The third-order valence-corrected chi connectivity index (χ3v) is 4.34. The Morgan fingerprint density at radius 2 is 1.89 bits per heavy atom. The first-order valence-electron chi connectivity index (χ1n) is 6.00. The Morgan fingerprint density at radius 3 is 2.39 bits per heavy atom. The molecule has 5 nitrogen and oxygen atoms in total. The predicted octanol–water partition coefficient (Wildman–Crippen LogP) is 0.806. The second-order valence-electron chi connectivity index (χ2n) is 4.98. The molecule has 0 bridgehead atoms. The zero-order valence-electron chi connectivity index (χ0n) is 9.81. The number of carbonyl (C=O) groups is 3. The summed E-state index contributed by atoms with van der Waals surface area (Å²) in [5.74, 6) is -3.09. The van der Waals surface area contributed by atoms with Crippen molar-refractivity contribution in [2.75, 3.05) is 0 Å². The van der Waals surface area contributed by atoms with E-state index in [1.165, 1.54) is 0 Å². The number of piperidine rings is 1. The van der Waals surface area contributed by atoms with E-state index in [1.54, 1.807) is 0 Å². The second-order valence-corrected chi connectivity index (χ2v) is 5.42. The number of thiol groups is 1. The van der Waals surface area contributed by atoms with E-state index < -0.39 is 34.2 Å². The number of nitriles is 1. The molecular formula is C12H14N2O3S. The van der Waals surface area contributed by atoms with Gasteiger partial charge in [-0.25, -0.2) is 0 Å². The molecule has 2 amide bonds. The fraction of sp³-hybridized carbons (Fsp3) is 0.667. The number of rotatable bonds is 1. The Bertz CT molecular complexity index is 449. The molecule has 0 aromatic carbocycles. The van der Waals surface area contributed by atoms with E-state index in [9.17, 15) is 19.6 Å². The van der Waals surface area contributed by atoms with Crippen LogP contribution in [-0.2, 0) is 14.4 Å². The molecule has 2 fully saturated rings. The minimum absolute atomic E-state index is 0.554. The van der Waals surface area contributed by atoms with Crippen LogP contribution in [0.1, 0.15) is 32.1 Å². The molecule has 2 atom stereocenters. The molecule has 0 unspecified atom stereocenters. The molecule has 0 aromatic rings. The van der Waals surface area contributed by atoms with Gasteiger partial charge in [-0.3, -0.25) is 19.7 Å². The fourth-order valence-electron chi connectivity index (χ4n) is 3.29. The lowest BCUT2D eigenvalue weighted by molar-refractivity contribution is -0.152. The molecule has 6 heteroatoms. The van der Waals surface area contributed by atoms with Crippen LogP contribution in [0.4, 0.5) is 0 Å². The van der Waals surface area contributed by atoms with Crippen molar-refractivity contribution in [1.29, 1.82) is 5.26 Å². The monoisotopic (exact) mass is 266 g/mol. The minimum atomic E-state index is -0.983. The largest absolute Gasteiger partial charge is 0.295 e. The lowest BCUT2D eigenvalue weighted by Gasteiger charge is -2.46. The van der Waals surface area contributed by atoms with Gasteiger partial charge in [-0.05, 0) is 12.8 Å². The third-order valence-electron chi connectivity index (χ3n) is 4.08. The average Bonchev–Trinajstić information content (AvgIpc) is 2.29. The number of nitrogens with one attached hydrogen (secondary N) is 1. The Morgan fingerprint density at radius 1 is 1.28 bits per heavy atom. The Kier molecular flexibility index (Phi) is 3.44. The molecule has 1 N–H and O–H groups in total. The highest BCUT2D eigenvalue weighted by molar-refractivity contribution is 7.96. The highest BCUT2D eigenvalue weighted by Gasteiger charge is 2.57. The lowest BCUT2D eigenvalue weighted by atomic mass is 9.57. The highest BCUT2D eigenvalue weighted by Crippen LogP contribution is 2.50. The van der Waals surface area contributed by atoms with Gasteiger partial charge in [0.25, 0.3) is 0 Å². The number of amides is 2. The van der Waals surface area contributed by atoms with Gasteiger partial charge in [-0.2, -0.15) is 5.26 Å². The number of carbonyl (C=O) groups excluding carboxylic acids is 3. The van der Waals surface area contributed by atoms with Crippen molar-refractivity contribution in [2.24, 2.45) is 17.3 Å². The Labute approximate surface area is 110 Å². The molecule has 0 aromatic heterocycles. The number of hydrogen-bond donors (Lipinski definition) is 2. The van der Waals surface area contributed by atoms with Crippen LogP contribution in [0, 0.1) is 28.6 Å². The van der Waals surface area contributed by atoms with E-state index in [4.69, 9.17) is 0 Å². The lowest BCUT2D eigenvalue weighted by Crippen LogP contribution is -2.60. The van der Waals surface area contributed by atoms with Gasteiger partial charge in [-0.1, -0.05) is 19.3 Å². The number of hydrogen-bond acceptors (Lipinski definition) is 4. The summed E-state index contributed by atoms with van der Waals surface area (Å²) in [6.45, 7) is 0. The van der Waals surface area contributed by atoms with Crippen LogP contribution in [-0.4, -0.2) is 16.9 Å². The van der Waals surface area contributed by atoms with E-state index in [0.29, 0.717) is 12.8 Å². The van der Waals surface area contributed by atoms with Gasteiger partial charge in [0.05, 0.1) is 6.07 Å². The van der Waals surface area contributed by atoms with Crippen molar-refractivity contribution in [1.82, 2.24) is 5.32 Å². The van der Waals surface area contributed by atoms with Crippen molar-refractivity contribution < 1.29 is 14.4 Å². The molecule has 1 spiro atoms. The molecular weight excluding hydrogens is 252 g/mol. The van der Waals surface area contributed by atoms with Gasteiger partial charge in [0, 0.05) is 5.41 Å². The Hall–Kier alpha value is -1.35. The van der Waals surface area contributed by atoms with Gasteiger partial charge in [0.2, 0.25) is 11.8 Å². The summed E-state index contributed by atoms with van der Waals surface area (Å²) in [4.78, 5) is 35.3. The van der Waals surface area contributed by atoms with Gasteiger partial charge in [0.1, 0.15) is 11.8 Å². The normalized spacial score (nSPS) is 30.7. The molecule has 1 saturated carbocycles. The van der Waals surface area contributed by atoms with E-state index in [1.807, 2.05) is 6.07 Å². The molecule has 2 aliphatic rings. The molecule has 1 aliphatic carbocycles. The van der Waals surface area contributed by atoms with Crippen LogP contribution >= 0.6 is 12.6 Å². The fourth-order valence-corrected chi connectivity index (χ4v) is 3.66. The summed E-state index contributed by atoms with van der Waals surface area (Å²) >= 11 is 3.77. The van der Waals surface area contributed by atoms with Crippen molar-refractivity contribution in [3.63, 3.8) is 0 Å². The molecule has 1 aliphatic heterocycles. The predicted molar refractivity (Wildman–Crippen MR) is 65.3 cm³/mol. The molecule has 0 radical (unpaired) electrons. The Balaban J connectivity index is 2.49. The first kappa shape index (κ1) is 13.1. The van der Waals surface area contributed by atoms with Crippen molar-refractivity contribution in [3.8, 4) is 6.07 Å². The molecule has 1 heterocycles. The summed E-state index contributed by atoms with van der Waals surface area (Å²) < 4.78 is 0. The standard InChI is InChI=1S/C12H14N2O3S/c13-6-7-9(15)14-10(16)8(11(17)18)12(7)4-2-1-3-5-12/h7-8H,1-5H2,(H,17,18)(H,14,15,16)/t7-,8-/m0/s1. The van der Waals surface area contributed by atoms with Crippen LogP contribution < -0.4 is 5.32 Å². The van der Waals surface area contributed by atoms with Crippen molar-refractivity contribution in [3.05, 3.63) is 0 Å². The van der Waals surface area contributed by atoms with Crippen molar-refractivity contribution >= 4 is 29.6 Å². The van der Waals surface area contributed by atoms with Gasteiger partial charge in [-0.15, -0.1) is 12.6 Å². The molecule has 96 valence electrons. The molecule has 2 rings (SSSR count). The summed E-state index contributed by atoms with van der Waals surface area (Å²) in [6.07, 6.45) is 3.78. The summed E-state index contributed by atoms with van der Waals surface area (Å²) in [7, 11) is 0. The summed E-state index contributed by atoms with van der Waals surface area (Å²) in [5, 5.41) is 10.8. The van der Waals surface area contributed by atoms with Crippen LogP contribution in [0.15, 0.2) is 0 Å². The van der Waals surface area contributed by atoms with Crippen LogP contribution in [0.5, 0.6) is 0 Å². The van der Waals surface area contributed by atoms with Crippen LogP contribution in [0.25, 0.3) is 0 Å². The highest BCUT2D eigenvalue weighted by atomic mass is 32.1. The maximum Gasteiger partial charge on any atom is 0.244 e. The summed E-state index contributed by atoms with van der Waals surface area (Å²) in [5.41, 5.74) is -0.842. The van der Waals surface area contributed by atoms with E-state index in [-0.39, 0.29) is 0 Å². The number of imide groups is 1. The maximum absolute atomic E-state index is 11.9. The number of nitrogens with zero attached hydrogens (tertiary/aromatic N) is 1. The smallest absolute Gasteiger partial charge is 0.244 e. The first-order valence-corrected chi connectivity index (χ1v) is 6.45. The van der Waals surface area contributed by atoms with E-state index >= 15 is 0 Å². The topological polar surface area (TPSA) is 87.0 Å². The molecule has 1 saturated heterocycles. The van der Waals surface area contributed by atoms with E-state index in [2.05, 4.69) is 17.9 Å². The van der Waals surface area contributed by atoms with E-state index in [0.717, 1.165) is 19.3 Å². The zero-order valence-corrected chi connectivity index (χ0v) is 10.7. The van der Waals surface area contributed by atoms with Crippen molar-refractivity contribution in [2.45, 2.75) is 32.1 Å². The van der Waals surface area contributed by atoms with Gasteiger partial charge < -0.3 is 0 Å².